The summed E-state index contributed by atoms with van der Waals surface area (Å²) in [6.45, 7) is 7.64. The van der Waals surface area contributed by atoms with Crippen molar-refractivity contribution in [1.82, 2.24) is 14.8 Å². The van der Waals surface area contributed by atoms with Gasteiger partial charge in [0.15, 0.2) is 24.0 Å². The fourth-order valence-electron chi connectivity index (χ4n) is 12.6. The van der Waals surface area contributed by atoms with Gasteiger partial charge in [0, 0.05) is 61.1 Å². The van der Waals surface area contributed by atoms with Crippen LogP contribution < -0.4 is 20.4 Å². The second-order valence-corrected chi connectivity index (χ2v) is 20.9. The number of carbonyl (C=O) groups is 7. The van der Waals surface area contributed by atoms with Gasteiger partial charge < -0.3 is 54.0 Å². The van der Waals surface area contributed by atoms with Crippen LogP contribution in [0.5, 0.6) is 5.75 Å². The number of Topliss-reactive ketones (excluding diaryl/α,β-unsaturated/α-hetero) is 1. The van der Waals surface area contributed by atoms with Gasteiger partial charge in [-0.15, -0.1) is 0 Å². The summed E-state index contributed by atoms with van der Waals surface area (Å²) < 4.78 is 38.9. The molecule has 20 heteroatoms. The van der Waals surface area contributed by atoms with Gasteiger partial charge in [-0.1, -0.05) is 39.3 Å². The van der Waals surface area contributed by atoms with E-state index in [-0.39, 0.29) is 84.4 Å². The number of esters is 2. The van der Waals surface area contributed by atoms with Gasteiger partial charge in [-0.25, -0.2) is 18.8 Å². The molecule has 8 rings (SSSR count). The molecule has 2 heterocycles. The molecular formula is C51H63FN4O15. The van der Waals surface area contributed by atoms with E-state index < -0.39 is 119 Å². The molecule has 0 spiro atoms. The molecule has 1 aromatic carbocycles. The zero-order chi connectivity index (χ0) is 51.5. The van der Waals surface area contributed by atoms with E-state index in [4.69, 9.17) is 18.9 Å². The lowest BCUT2D eigenvalue weighted by atomic mass is 9.46. The first-order chi connectivity index (χ1) is 33.5. The number of hydrogen-bond acceptors (Lipinski definition) is 15. The molecule has 1 saturated heterocycles. The molecule has 2 amide bonds. The number of rotatable bonds is 15. The summed E-state index contributed by atoms with van der Waals surface area (Å²) in [5, 5.41) is 35.8. The van der Waals surface area contributed by atoms with Crippen molar-refractivity contribution in [2.45, 2.75) is 122 Å². The monoisotopic (exact) mass is 990 g/mol. The van der Waals surface area contributed by atoms with Crippen LogP contribution >= 0.6 is 0 Å². The summed E-state index contributed by atoms with van der Waals surface area (Å²) in [4.78, 5) is 106. The number of benzene rings is 1. The van der Waals surface area contributed by atoms with Gasteiger partial charge in [0.05, 0.1) is 30.5 Å². The lowest BCUT2D eigenvalue weighted by Crippen LogP contribution is -2.62. The molecule has 19 nitrogen and oxygen atoms in total. The van der Waals surface area contributed by atoms with Crippen LogP contribution in [0.4, 0.5) is 14.9 Å². The first-order valence-electron chi connectivity index (χ1n) is 24.4. The Hall–Kier alpha value is -6.15. The number of carbonyl (C=O) groups excluding carboxylic acids is 6. The number of nitrogens with one attached hydrogen (secondary N) is 1. The molecule has 3 unspecified atom stereocenters. The van der Waals surface area contributed by atoms with Crippen molar-refractivity contribution in [3.63, 3.8) is 0 Å². The highest BCUT2D eigenvalue weighted by Gasteiger charge is 2.68. The Bertz CT molecular complexity index is 2680. The number of allylic oxidation sites excluding steroid dienone is 4. The van der Waals surface area contributed by atoms with E-state index >= 15 is 4.39 Å². The number of halogens is 1. The number of fused-ring (bicyclic) bond motifs is 6. The van der Waals surface area contributed by atoms with Crippen molar-refractivity contribution in [1.29, 1.82) is 0 Å². The number of amides is 2. The predicted molar refractivity (Wildman–Crippen MR) is 251 cm³/mol. The van der Waals surface area contributed by atoms with E-state index in [1.165, 1.54) is 18.2 Å². The molecule has 5 fully saturated rings. The molecule has 1 aliphatic heterocycles. The van der Waals surface area contributed by atoms with Crippen LogP contribution in [-0.2, 0) is 38.2 Å². The van der Waals surface area contributed by atoms with Gasteiger partial charge in [0.2, 0.25) is 23.9 Å². The molecule has 9 atom stereocenters. The highest BCUT2D eigenvalue weighted by atomic mass is 19.1. The molecule has 6 aliphatic rings. The smallest absolute Gasteiger partial charge is 0.413 e. The fraction of sp³-hybridized carbons (Fsp3) is 0.608. The predicted octanol–water partition coefficient (Wildman–Crippen LogP) is 4.37. The molecule has 0 radical (unpaired) electrons. The standard InChI is InChI=1S/C51H63FN4O15/c1-26(2)41(47(65)69-24-37(59)51(67)16-14-34-31-10-7-28-19-30(57)13-15-49(28,4)40(31)36(58)21-50(34,51)5)53-38(60)11-12-39(61)70-25-71-48(66)55-18-17-54(22-27(55)3)43-35(52)20-32-42(45(43)68-6)56(29-8-9-29)23-33(44(32)62)46(63)64/h13,15,19-20,23,26-27,29,31,34,36,40-41,58,67H,7-12,14,16-18,21-22,24-25H2,1-6H3,(H,53,60)(H,63,64)/t27?,31?,34-,36-,40+,41?,49-,50-,51-/m0/s1. The van der Waals surface area contributed by atoms with Crippen LogP contribution in [0.2, 0.25) is 0 Å². The molecular weight excluding hydrogens is 928 g/mol. The number of carboxylic acid groups (broad SMARTS) is 1. The molecule has 384 valence electrons. The van der Waals surface area contributed by atoms with Gasteiger partial charge in [-0.2, -0.15) is 0 Å². The second kappa shape index (κ2) is 19.5. The number of aromatic nitrogens is 1. The Morgan fingerprint density at radius 3 is 2.39 bits per heavy atom. The summed E-state index contributed by atoms with van der Waals surface area (Å²) in [5.74, 6) is -6.21. The average Bonchev–Trinajstić information content (AvgIpc) is 4.12. The maximum Gasteiger partial charge on any atom is 0.413 e. The third kappa shape index (κ3) is 9.21. The molecule has 0 bridgehead atoms. The number of ketones is 2. The van der Waals surface area contributed by atoms with Gasteiger partial charge >= 0.3 is 24.0 Å². The van der Waals surface area contributed by atoms with Crippen LogP contribution in [0.1, 0.15) is 109 Å². The largest absolute Gasteiger partial charge is 0.492 e. The van der Waals surface area contributed by atoms with Crippen molar-refractivity contribution in [2.75, 3.05) is 45.0 Å². The van der Waals surface area contributed by atoms with Crippen molar-refractivity contribution in [3.05, 3.63) is 57.7 Å². The van der Waals surface area contributed by atoms with Crippen LogP contribution in [0, 0.1) is 40.3 Å². The fourth-order valence-corrected chi connectivity index (χ4v) is 12.6. The molecule has 5 aliphatic carbocycles. The van der Waals surface area contributed by atoms with Crippen LogP contribution in [0.15, 0.2) is 40.9 Å². The minimum absolute atomic E-state index is 0.0152. The average molecular weight is 991 g/mol. The van der Waals surface area contributed by atoms with Crippen LogP contribution in [0.3, 0.4) is 0 Å². The molecule has 1 aromatic heterocycles. The molecule has 4 saturated carbocycles. The number of methoxy groups -OCH3 is 1. The SMILES string of the molecule is COc1c(N2CCN(C(=O)OCOC(=O)CCC(=O)NC(C(=O)OCC(=O)[C@@]3(O)CC[C@H]4C5CCC6=CC(=O)C=C[C@]6(C)[C@H]5[C@@H](O)C[C@@]43C)C(C)C)C(C)C2)c(F)cc2c(=O)c(C(=O)O)cn(C3CC3)c12. The normalized spacial score (nSPS) is 29.4. The number of piperazine rings is 1. The van der Waals surface area contributed by atoms with E-state index in [0.717, 1.165) is 24.5 Å². The Balaban J connectivity index is 0.791. The number of ether oxygens (including phenoxy) is 4. The van der Waals surface area contributed by atoms with Crippen molar-refractivity contribution < 1.29 is 72.2 Å². The third-order valence-electron chi connectivity index (χ3n) is 16.4. The first kappa shape index (κ1) is 51.2. The highest BCUT2D eigenvalue weighted by Crippen LogP contribution is 2.67. The number of aromatic carboxylic acids is 1. The zero-order valence-electron chi connectivity index (χ0n) is 40.9. The van der Waals surface area contributed by atoms with Crippen molar-refractivity contribution >= 4 is 58.1 Å². The van der Waals surface area contributed by atoms with Gasteiger partial charge in [-0.3, -0.25) is 24.0 Å². The number of hydrogen-bond donors (Lipinski definition) is 4. The Labute approximate surface area is 409 Å². The van der Waals surface area contributed by atoms with E-state index in [2.05, 4.69) is 5.32 Å². The quantitative estimate of drug-likeness (QED) is 0.143. The lowest BCUT2D eigenvalue weighted by Gasteiger charge is -2.59. The summed E-state index contributed by atoms with van der Waals surface area (Å²) in [7, 11) is 1.33. The third-order valence-corrected chi connectivity index (χ3v) is 16.4. The summed E-state index contributed by atoms with van der Waals surface area (Å²) >= 11 is 0. The van der Waals surface area contributed by atoms with Crippen molar-refractivity contribution in [2.24, 2.45) is 34.5 Å². The Kier molecular flexibility index (Phi) is 14.0. The minimum Gasteiger partial charge on any atom is -0.492 e. The molecule has 71 heavy (non-hydrogen) atoms. The number of aliphatic hydroxyl groups is 2. The summed E-state index contributed by atoms with van der Waals surface area (Å²) in [6.07, 6.45) is 7.51. The van der Waals surface area contributed by atoms with E-state index in [9.17, 15) is 53.7 Å². The lowest BCUT2D eigenvalue weighted by molar-refractivity contribution is -0.181. The highest BCUT2D eigenvalue weighted by molar-refractivity contribution is 6.01. The van der Waals surface area contributed by atoms with E-state index in [1.54, 1.807) is 42.4 Å². The number of nitrogens with zero attached hydrogens (tertiary/aromatic N) is 3. The van der Waals surface area contributed by atoms with Gasteiger partial charge in [-0.05, 0) is 87.8 Å². The van der Waals surface area contributed by atoms with E-state index in [1.807, 2.05) is 19.9 Å². The van der Waals surface area contributed by atoms with Gasteiger partial charge in [0.25, 0.3) is 0 Å². The number of aliphatic hydroxyl groups excluding tert-OH is 1. The maximum absolute atomic E-state index is 15.9. The summed E-state index contributed by atoms with van der Waals surface area (Å²) in [5.41, 5.74) is -3.38. The zero-order valence-corrected chi connectivity index (χ0v) is 40.9. The topological polar surface area (TPSA) is 258 Å². The Morgan fingerprint density at radius 2 is 1.73 bits per heavy atom. The van der Waals surface area contributed by atoms with Crippen LogP contribution in [0.25, 0.3) is 10.9 Å². The van der Waals surface area contributed by atoms with Gasteiger partial charge in [0.1, 0.15) is 22.9 Å². The maximum atomic E-state index is 15.9. The van der Waals surface area contributed by atoms with E-state index in [0.29, 0.717) is 19.3 Å². The number of carboxylic acids is 1. The molecule has 2 aromatic rings. The van der Waals surface area contributed by atoms with Crippen LogP contribution in [-0.4, -0.2) is 130 Å². The first-order valence-corrected chi connectivity index (χ1v) is 24.4. The molecule has 4 N–H and O–H groups in total. The summed E-state index contributed by atoms with van der Waals surface area (Å²) in [6, 6.07) is -0.817. The number of anilines is 1. The second-order valence-electron chi connectivity index (χ2n) is 20.9. The Morgan fingerprint density at radius 1 is 1.00 bits per heavy atom. The van der Waals surface area contributed by atoms with Crippen molar-refractivity contribution in [3.8, 4) is 5.75 Å². The minimum atomic E-state index is -1.88. The number of pyridine rings is 1.